The van der Waals surface area contributed by atoms with Crippen LogP contribution in [-0.4, -0.2) is 9.13 Å². The molecule has 4 nitrogen and oxygen atoms in total. The highest BCUT2D eigenvalue weighted by atomic mass is 15.1. The normalized spacial score (nSPS) is 11.1. The van der Waals surface area contributed by atoms with Gasteiger partial charge in [0.2, 0.25) is 0 Å². The van der Waals surface area contributed by atoms with Gasteiger partial charge in [-0.15, -0.1) is 0 Å². The van der Waals surface area contributed by atoms with E-state index in [0.29, 0.717) is 0 Å². The third-order valence-corrected chi connectivity index (χ3v) is 13.1. The number of fused-ring (bicyclic) bond motifs is 1. The Labute approximate surface area is 409 Å². The second kappa shape index (κ2) is 18.7. The first kappa shape index (κ1) is 42.0. The number of hydrogen-bond acceptors (Lipinski definition) is 2. The van der Waals surface area contributed by atoms with Gasteiger partial charge in [0.15, 0.2) is 0 Å². The van der Waals surface area contributed by atoms with E-state index in [4.69, 9.17) is 0 Å². The SMILES string of the molecule is c1ccc(-c2ccc(-n3c(-c4ccc(N(c5ccccc5)c5ccccc5)cc4)cc4c3cc(-c3ccc(N(c5ccccc5)c5ccccc5)cc3)n4-c3ccc(-c4ccccc4)cc3)cc2)cc1. The van der Waals surface area contributed by atoms with Crippen LogP contribution in [-0.2, 0) is 0 Å². The summed E-state index contributed by atoms with van der Waals surface area (Å²) in [4.78, 5) is 4.62. The lowest BCUT2D eigenvalue weighted by Gasteiger charge is -2.25. The molecule has 70 heavy (non-hydrogen) atoms. The number of benzene rings is 10. The Balaban J connectivity index is 1.03. The Morgan fingerprint density at radius 2 is 0.429 bits per heavy atom. The molecule has 12 aromatic rings. The van der Waals surface area contributed by atoms with Crippen LogP contribution in [0, 0.1) is 0 Å². The third kappa shape index (κ3) is 8.14. The zero-order valence-electron chi connectivity index (χ0n) is 38.5. The lowest BCUT2D eigenvalue weighted by molar-refractivity contribution is 1.13. The highest BCUT2D eigenvalue weighted by molar-refractivity contribution is 5.95. The molecule has 0 radical (unpaired) electrons. The third-order valence-electron chi connectivity index (χ3n) is 13.1. The average molecular weight is 897 g/mol. The molecule has 0 bridgehead atoms. The van der Waals surface area contributed by atoms with Crippen molar-refractivity contribution in [1.82, 2.24) is 9.13 Å². The van der Waals surface area contributed by atoms with E-state index in [2.05, 4.69) is 310 Å². The number of rotatable bonds is 12. The molecule has 0 unspecified atom stereocenters. The van der Waals surface area contributed by atoms with E-state index >= 15 is 0 Å². The van der Waals surface area contributed by atoms with Gasteiger partial charge in [-0.3, -0.25) is 0 Å². The van der Waals surface area contributed by atoms with Crippen molar-refractivity contribution in [3.05, 3.63) is 291 Å². The van der Waals surface area contributed by atoms with E-state index in [1.54, 1.807) is 0 Å². The molecule has 2 heterocycles. The van der Waals surface area contributed by atoms with E-state index in [0.717, 1.165) is 79.0 Å². The van der Waals surface area contributed by atoms with E-state index in [1.807, 2.05) is 0 Å². The molecule has 0 spiro atoms. The maximum absolute atomic E-state index is 2.44. The summed E-state index contributed by atoms with van der Waals surface area (Å²) in [6.07, 6.45) is 0. The highest BCUT2D eigenvalue weighted by Gasteiger charge is 2.23. The summed E-state index contributed by atoms with van der Waals surface area (Å²) in [5, 5.41) is 0. The lowest BCUT2D eigenvalue weighted by atomic mass is 10.0. The molecule has 4 heteroatoms. The molecule has 332 valence electrons. The van der Waals surface area contributed by atoms with Gasteiger partial charge in [-0.2, -0.15) is 0 Å². The molecule has 12 rings (SSSR count). The van der Waals surface area contributed by atoms with Crippen molar-refractivity contribution in [2.45, 2.75) is 0 Å². The van der Waals surface area contributed by atoms with Crippen LogP contribution in [0.25, 0.3) is 67.2 Å². The van der Waals surface area contributed by atoms with Crippen molar-refractivity contribution in [1.29, 1.82) is 0 Å². The Kier molecular flexibility index (Phi) is 11.2. The predicted molar refractivity (Wildman–Crippen MR) is 294 cm³/mol. The van der Waals surface area contributed by atoms with Crippen molar-refractivity contribution in [3.63, 3.8) is 0 Å². The first-order chi connectivity index (χ1) is 34.7. The average Bonchev–Trinajstić information content (AvgIpc) is 4.00. The van der Waals surface area contributed by atoms with Crippen LogP contribution < -0.4 is 9.80 Å². The van der Waals surface area contributed by atoms with Gasteiger partial charge in [-0.1, -0.05) is 182 Å². The molecule has 0 saturated heterocycles. The fourth-order valence-electron chi connectivity index (χ4n) is 9.77. The standard InChI is InChI=1S/C66H48N4/c1-7-19-49(20-8-1)51-31-39-61(40-32-51)69-63(53-35-43-59(44-36-53)67(55-23-11-3-12-24-55)56-25-13-4-14-26-56)47-66-65(69)48-64(70(66)62-41-33-52(34-42-62)50-21-9-2-10-22-50)54-37-45-60(46-38-54)68(57-27-15-5-16-28-57)58-29-17-6-18-30-58/h1-48H. The van der Waals surface area contributed by atoms with Crippen LogP contribution in [0.3, 0.4) is 0 Å². The van der Waals surface area contributed by atoms with Crippen molar-refractivity contribution >= 4 is 45.2 Å². The van der Waals surface area contributed by atoms with Crippen LogP contribution in [0.1, 0.15) is 0 Å². The van der Waals surface area contributed by atoms with E-state index in [9.17, 15) is 0 Å². The van der Waals surface area contributed by atoms with Gasteiger partial charge < -0.3 is 18.9 Å². The van der Waals surface area contributed by atoms with E-state index < -0.39 is 0 Å². The summed E-state index contributed by atoms with van der Waals surface area (Å²) in [6.45, 7) is 0. The lowest BCUT2D eigenvalue weighted by Crippen LogP contribution is -2.09. The molecule has 2 aromatic heterocycles. The van der Waals surface area contributed by atoms with Gasteiger partial charge in [0, 0.05) is 45.5 Å². The second-order valence-corrected chi connectivity index (χ2v) is 17.4. The van der Waals surface area contributed by atoms with Gasteiger partial charge in [0.25, 0.3) is 0 Å². The molecule has 0 aliphatic rings. The largest absolute Gasteiger partial charge is 0.311 e. The van der Waals surface area contributed by atoms with Gasteiger partial charge in [-0.25, -0.2) is 0 Å². The monoisotopic (exact) mass is 896 g/mol. The number of para-hydroxylation sites is 4. The minimum Gasteiger partial charge on any atom is -0.311 e. The fourth-order valence-corrected chi connectivity index (χ4v) is 9.77. The van der Waals surface area contributed by atoms with Crippen LogP contribution in [0.4, 0.5) is 34.1 Å². The summed E-state index contributed by atoms with van der Waals surface area (Å²) >= 11 is 0. The Bertz CT molecular complexity index is 3300. The zero-order valence-corrected chi connectivity index (χ0v) is 38.5. The number of aromatic nitrogens is 2. The number of hydrogen-bond donors (Lipinski definition) is 0. The Morgan fingerprint density at radius 1 is 0.200 bits per heavy atom. The predicted octanol–water partition coefficient (Wildman–Crippen LogP) is 18.0. The topological polar surface area (TPSA) is 16.3 Å². The molecular weight excluding hydrogens is 849 g/mol. The first-order valence-corrected chi connectivity index (χ1v) is 23.8. The maximum Gasteiger partial charge on any atom is 0.0724 e. The van der Waals surface area contributed by atoms with E-state index in [1.165, 1.54) is 22.3 Å². The summed E-state index contributed by atoms with van der Waals surface area (Å²) in [5.41, 5.74) is 20.2. The Hall–Kier alpha value is -9.38. The molecule has 0 fully saturated rings. The molecule has 0 amide bonds. The Morgan fingerprint density at radius 3 is 0.714 bits per heavy atom. The molecule has 0 N–H and O–H groups in total. The molecule has 0 aliphatic carbocycles. The van der Waals surface area contributed by atoms with Crippen molar-refractivity contribution in [2.75, 3.05) is 9.80 Å². The molecule has 0 aliphatic heterocycles. The maximum atomic E-state index is 2.44. The van der Waals surface area contributed by atoms with Crippen LogP contribution in [0.2, 0.25) is 0 Å². The molecule has 10 aromatic carbocycles. The zero-order chi connectivity index (χ0) is 46.6. The van der Waals surface area contributed by atoms with Gasteiger partial charge >= 0.3 is 0 Å². The summed E-state index contributed by atoms with van der Waals surface area (Å²) in [7, 11) is 0. The van der Waals surface area contributed by atoms with Crippen molar-refractivity contribution < 1.29 is 0 Å². The molecular formula is C66H48N4. The van der Waals surface area contributed by atoms with Gasteiger partial charge in [0.05, 0.1) is 22.4 Å². The number of anilines is 6. The minimum atomic E-state index is 1.09. The first-order valence-electron chi connectivity index (χ1n) is 23.8. The van der Waals surface area contributed by atoms with Crippen LogP contribution >= 0.6 is 0 Å². The fraction of sp³-hybridized carbons (Fsp3) is 0. The second-order valence-electron chi connectivity index (χ2n) is 17.4. The van der Waals surface area contributed by atoms with Gasteiger partial charge in [0.1, 0.15) is 0 Å². The highest BCUT2D eigenvalue weighted by Crippen LogP contribution is 2.42. The smallest absolute Gasteiger partial charge is 0.0724 e. The van der Waals surface area contributed by atoms with Crippen LogP contribution in [0.15, 0.2) is 291 Å². The van der Waals surface area contributed by atoms with Crippen molar-refractivity contribution in [3.8, 4) is 56.1 Å². The molecule has 0 saturated carbocycles. The number of nitrogens with zero attached hydrogens (tertiary/aromatic N) is 4. The summed E-state index contributed by atoms with van der Waals surface area (Å²) < 4.78 is 4.87. The van der Waals surface area contributed by atoms with E-state index in [-0.39, 0.29) is 0 Å². The van der Waals surface area contributed by atoms with Crippen LogP contribution in [0.5, 0.6) is 0 Å². The summed E-state index contributed by atoms with van der Waals surface area (Å²) in [6, 6.07) is 104. The minimum absolute atomic E-state index is 1.09. The molecule has 0 atom stereocenters. The van der Waals surface area contributed by atoms with Gasteiger partial charge in [-0.05, 0) is 143 Å². The quantitative estimate of drug-likeness (QED) is 0.121. The summed E-state index contributed by atoms with van der Waals surface area (Å²) in [5.74, 6) is 0. The van der Waals surface area contributed by atoms with Crippen molar-refractivity contribution in [2.24, 2.45) is 0 Å².